The van der Waals surface area contributed by atoms with E-state index < -0.39 is 121 Å². The third-order valence-electron chi connectivity index (χ3n) is 8.46. The van der Waals surface area contributed by atoms with Crippen LogP contribution in [0.1, 0.15) is 39.5 Å². The molecular formula is C31H53F3N6O16S. The highest BCUT2D eigenvalue weighted by Crippen LogP contribution is 2.27. The van der Waals surface area contributed by atoms with E-state index in [1.807, 2.05) is 0 Å². The molecular weight excluding hydrogens is 801 g/mol. The molecule has 330 valence electrons. The van der Waals surface area contributed by atoms with Crippen LogP contribution in [-0.4, -0.2) is 182 Å². The van der Waals surface area contributed by atoms with Gasteiger partial charge in [-0.15, -0.1) is 0 Å². The molecule has 0 spiro atoms. The van der Waals surface area contributed by atoms with E-state index in [9.17, 15) is 62.7 Å². The van der Waals surface area contributed by atoms with Gasteiger partial charge in [-0.05, 0) is 6.42 Å². The maximum atomic E-state index is 12.4. The molecule has 26 heteroatoms. The predicted molar refractivity (Wildman–Crippen MR) is 188 cm³/mol. The van der Waals surface area contributed by atoms with E-state index in [0.717, 1.165) is 0 Å². The Morgan fingerprint density at radius 1 is 0.842 bits per heavy atom. The highest BCUT2D eigenvalue weighted by Gasteiger charge is 2.48. The standard InChI is InChI=1S/C29H52N6O14S.C2HF3O2/c1-29(2,12-47-19(40)4-3-18(38)39)26(45)27(46)34-6-5-16(36)33-7-8-50-11-17(37)35-10-15-22(42)23(43)20(32)28(48-15)49-25-14(31)9-13(30)21(41)24(25)44;3-2(4,5)1(6)7/h13-15,20-26,28,41-45H,3-12,30-32H2,1-2H3,(H,33,36)(H,34,46)(H,35,37)(H,38,39);(H,6,7)/t13-,14+,15-,20-,21+,22-,23-,24-,25-,26+,28-;/m1./s1. The molecule has 0 radical (unpaired) electrons. The van der Waals surface area contributed by atoms with Gasteiger partial charge in [-0.25, -0.2) is 4.79 Å². The molecule has 0 bridgehead atoms. The number of hydrogen-bond acceptors (Lipinski definition) is 18. The Balaban J connectivity index is 0.00000211. The summed E-state index contributed by atoms with van der Waals surface area (Å²) in [6, 6.07) is -2.77. The Bertz CT molecular complexity index is 1350. The summed E-state index contributed by atoms with van der Waals surface area (Å²) >= 11 is 1.20. The van der Waals surface area contributed by atoms with Crippen molar-refractivity contribution in [3.63, 3.8) is 0 Å². The molecule has 22 nitrogen and oxygen atoms in total. The number of carboxylic acids is 2. The molecule has 1 saturated heterocycles. The molecule has 2 fully saturated rings. The second-order valence-electron chi connectivity index (χ2n) is 13.7. The first-order chi connectivity index (χ1) is 26.3. The Morgan fingerprint density at radius 2 is 1.46 bits per heavy atom. The molecule has 16 N–H and O–H groups in total. The Hall–Kier alpha value is -3.44. The number of halogens is 3. The highest BCUT2D eigenvalue weighted by molar-refractivity contribution is 7.99. The van der Waals surface area contributed by atoms with Gasteiger partial charge in [0.2, 0.25) is 17.7 Å². The Kier molecular flexibility index (Phi) is 21.6. The van der Waals surface area contributed by atoms with E-state index in [2.05, 4.69) is 16.0 Å². The third kappa shape index (κ3) is 17.9. The molecule has 0 aromatic rings. The zero-order valence-corrected chi connectivity index (χ0v) is 31.8. The minimum Gasteiger partial charge on any atom is -0.481 e. The van der Waals surface area contributed by atoms with Crippen molar-refractivity contribution in [3.8, 4) is 0 Å². The van der Waals surface area contributed by atoms with Gasteiger partial charge in [0.15, 0.2) is 6.29 Å². The quantitative estimate of drug-likeness (QED) is 0.0427. The number of carbonyl (C=O) groups excluding carboxylic acids is 4. The number of nitrogens with two attached hydrogens (primary N) is 3. The highest BCUT2D eigenvalue weighted by atomic mass is 32.2. The number of aliphatic carboxylic acids is 2. The van der Waals surface area contributed by atoms with E-state index in [1.54, 1.807) is 0 Å². The number of aliphatic hydroxyl groups excluding tert-OH is 5. The van der Waals surface area contributed by atoms with Crippen molar-refractivity contribution in [2.24, 2.45) is 22.6 Å². The van der Waals surface area contributed by atoms with Crippen molar-refractivity contribution in [3.05, 3.63) is 0 Å². The van der Waals surface area contributed by atoms with Crippen LogP contribution in [0, 0.1) is 5.41 Å². The number of nitrogens with one attached hydrogen (secondary N) is 3. The van der Waals surface area contributed by atoms with E-state index in [-0.39, 0.29) is 51.3 Å². The van der Waals surface area contributed by atoms with Gasteiger partial charge in [-0.2, -0.15) is 24.9 Å². The summed E-state index contributed by atoms with van der Waals surface area (Å²) in [5, 5.41) is 75.1. The Morgan fingerprint density at radius 3 is 2.04 bits per heavy atom. The average molecular weight is 855 g/mol. The molecule has 0 aromatic carbocycles. The first-order valence-corrected chi connectivity index (χ1v) is 18.5. The second-order valence-corrected chi connectivity index (χ2v) is 14.8. The maximum absolute atomic E-state index is 12.4. The first-order valence-electron chi connectivity index (χ1n) is 17.3. The van der Waals surface area contributed by atoms with Gasteiger partial charge < -0.3 is 83.1 Å². The van der Waals surface area contributed by atoms with Crippen LogP contribution in [0.4, 0.5) is 13.2 Å². The monoisotopic (exact) mass is 854 g/mol. The van der Waals surface area contributed by atoms with Crippen molar-refractivity contribution < 1.29 is 91.9 Å². The lowest BCUT2D eigenvalue weighted by atomic mass is 9.84. The van der Waals surface area contributed by atoms with E-state index in [0.29, 0.717) is 5.75 Å². The van der Waals surface area contributed by atoms with Gasteiger partial charge in [-0.1, -0.05) is 13.8 Å². The molecule has 1 heterocycles. The summed E-state index contributed by atoms with van der Waals surface area (Å²) in [6.07, 6.45) is -16.7. The predicted octanol–water partition coefficient (Wildman–Crippen LogP) is -5.17. The van der Waals surface area contributed by atoms with Crippen LogP contribution in [0.2, 0.25) is 0 Å². The van der Waals surface area contributed by atoms with Gasteiger partial charge in [0.05, 0.1) is 37.3 Å². The molecule has 11 atom stereocenters. The van der Waals surface area contributed by atoms with Crippen LogP contribution >= 0.6 is 11.8 Å². The number of alkyl halides is 3. The van der Waals surface area contributed by atoms with E-state index in [1.165, 1.54) is 25.6 Å². The lowest BCUT2D eigenvalue weighted by Gasteiger charge is -2.45. The summed E-state index contributed by atoms with van der Waals surface area (Å²) in [6.45, 7) is 2.53. The van der Waals surface area contributed by atoms with Gasteiger partial charge in [0.25, 0.3) is 0 Å². The van der Waals surface area contributed by atoms with E-state index in [4.69, 9.17) is 46.4 Å². The number of esters is 1. The molecule has 57 heavy (non-hydrogen) atoms. The lowest BCUT2D eigenvalue weighted by molar-refractivity contribution is -0.288. The number of rotatable bonds is 19. The minimum atomic E-state index is -5.08. The van der Waals surface area contributed by atoms with Crippen LogP contribution in [0.3, 0.4) is 0 Å². The van der Waals surface area contributed by atoms with Crippen molar-refractivity contribution >= 4 is 47.4 Å². The second kappa shape index (κ2) is 23.8. The summed E-state index contributed by atoms with van der Waals surface area (Å²) in [7, 11) is 0. The van der Waals surface area contributed by atoms with Crippen LogP contribution < -0.4 is 33.2 Å². The zero-order valence-electron chi connectivity index (χ0n) is 31.0. The van der Waals surface area contributed by atoms with Gasteiger partial charge in [0.1, 0.15) is 36.6 Å². The van der Waals surface area contributed by atoms with Crippen LogP contribution in [0.25, 0.3) is 0 Å². The summed E-state index contributed by atoms with van der Waals surface area (Å²) in [5.74, 6) is -5.96. The molecule has 2 aliphatic rings. The molecule has 1 aliphatic heterocycles. The van der Waals surface area contributed by atoms with Crippen molar-refractivity contribution in [2.45, 2.75) is 113 Å². The number of carboxylic acid groups (broad SMARTS) is 2. The molecule has 1 saturated carbocycles. The molecule has 0 aromatic heterocycles. The first kappa shape index (κ1) is 51.6. The fourth-order valence-corrected chi connectivity index (χ4v) is 5.71. The maximum Gasteiger partial charge on any atom is 0.490 e. The van der Waals surface area contributed by atoms with Crippen molar-refractivity contribution in [1.29, 1.82) is 0 Å². The normalized spacial score (nSPS) is 28.2. The fourth-order valence-electron chi connectivity index (χ4n) is 5.03. The summed E-state index contributed by atoms with van der Waals surface area (Å²) in [5.41, 5.74) is 16.6. The minimum absolute atomic E-state index is 0.0133. The van der Waals surface area contributed by atoms with Crippen LogP contribution in [0.15, 0.2) is 0 Å². The number of amides is 3. The molecule has 2 rings (SSSR count). The van der Waals surface area contributed by atoms with Gasteiger partial charge in [-0.3, -0.25) is 24.0 Å². The fraction of sp³-hybridized carbons (Fsp3) is 0.806. The molecule has 1 aliphatic carbocycles. The topological polar surface area (TPSA) is 386 Å². The Labute approximate surface area is 328 Å². The number of hydrogen-bond donors (Lipinski definition) is 13. The summed E-state index contributed by atoms with van der Waals surface area (Å²) < 4.78 is 48.1. The van der Waals surface area contributed by atoms with E-state index >= 15 is 0 Å². The number of ether oxygens (including phenoxy) is 3. The zero-order chi connectivity index (χ0) is 43.8. The molecule has 0 unspecified atom stereocenters. The van der Waals surface area contributed by atoms with Crippen molar-refractivity contribution in [2.75, 3.05) is 37.7 Å². The van der Waals surface area contributed by atoms with Gasteiger partial charge in [0, 0.05) is 49.3 Å². The number of carbonyl (C=O) groups is 6. The lowest BCUT2D eigenvalue weighted by Crippen LogP contribution is -2.67. The SMILES string of the molecule is CC(C)(COC(=O)CCC(=O)O)[C@@H](O)C(=O)NCCC(=O)NCCSCC(=O)NC[C@H]1O[C@H](O[C@H]2[C@H](O)[C@@H](O)[C@H](N)C[C@@H]2N)[C@H](N)[C@@H](O)[C@@H]1O.O=C(O)C(F)(F)F. The average Bonchev–Trinajstić information content (AvgIpc) is 3.12. The smallest absolute Gasteiger partial charge is 0.481 e. The third-order valence-corrected chi connectivity index (χ3v) is 9.42. The largest absolute Gasteiger partial charge is 0.490 e. The number of thioether (sulfide) groups is 1. The van der Waals surface area contributed by atoms with Crippen LogP contribution in [0.5, 0.6) is 0 Å². The van der Waals surface area contributed by atoms with Crippen molar-refractivity contribution in [1.82, 2.24) is 16.0 Å². The van der Waals surface area contributed by atoms with Gasteiger partial charge >= 0.3 is 24.1 Å². The van der Waals surface area contributed by atoms with Crippen LogP contribution in [-0.2, 0) is 43.0 Å². The molecule has 3 amide bonds. The number of aliphatic hydroxyl groups is 5. The summed E-state index contributed by atoms with van der Waals surface area (Å²) in [4.78, 5) is 67.9.